The van der Waals surface area contributed by atoms with Gasteiger partial charge in [0.2, 0.25) is 11.7 Å². The number of piperidine rings is 1. The van der Waals surface area contributed by atoms with Crippen LogP contribution in [-0.2, 0) is 4.79 Å². The molecule has 160 valence electrons. The zero-order valence-corrected chi connectivity index (χ0v) is 18.1. The molecular formula is C22H34N4O3. The normalized spacial score (nSPS) is 27.1. The Morgan fingerprint density at radius 3 is 2.38 bits per heavy atom. The summed E-state index contributed by atoms with van der Waals surface area (Å²) in [6.45, 7) is 9.01. The summed E-state index contributed by atoms with van der Waals surface area (Å²) in [4.78, 5) is 31.7. The maximum atomic E-state index is 12.6. The standard InChI is InChI=1S/C22H34N4O3/c1-13-19(29-21(24-13)15-5-6-15)20(28)23-11-14-9-16-7-8-17(10-14)26(16)12-18(27)25-22(2,3)4/h14-17H,5-12H2,1-4H3,(H,23,28)(H,25,27)/t14-,16-,17+. The number of nitrogens with zero attached hydrogens (tertiary/aromatic N) is 2. The van der Waals surface area contributed by atoms with Gasteiger partial charge in [0.1, 0.15) is 0 Å². The van der Waals surface area contributed by atoms with Crippen molar-refractivity contribution in [3.63, 3.8) is 0 Å². The zero-order chi connectivity index (χ0) is 20.8. The van der Waals surface area contributed by atoms with Gasteiger partial charge >= 0.3 is 0 Å². The second-order valence-corrected chi connectivity index (χ2v) is 10.1. The highest BCUT2D eigenvalue weighted by molar-refractivity contribution is 5.92. The highest BCUT2D eigenvalue weighted by Crippen LogP contribution is 2.40. The SMILES string of the molecule is Cc1nc(C2CC2)oc1C(=O)NC[C@@H]1C[C@H]2CC[C@@H](C1)N2CC(=O)NC(C)(C)C. The van der Waals surface area contributed by atoms with Gasteiger partial charge in [-0.05, 0) is 72.1 Å². The van der Waals surface area contributed by atoms with Crippen LogP contribution in [0.5, 0.6) is 0 Å². The van der Waals surface area contributed by atoms with Gasteiger partial charge in [-0.2, -0.15) is 0 Å². The predicted molar refractivity (Wildman–Crippen MR) is 110 cm³/mol. The lowest BCUT2D eigenvalue weighted by Gasteiger charge is -2.39. The molecule has 7 nitrogen and oxygen atoms in total. The second kappa shape index (κ2) is 7.74. The Morgan fingerprint density at radius 1 is 1.14 bits per heavy atom. The average molecular weight is 403 g/mol. The fourth-order valence-corrected chi connectivity index (χ4v) is 4.89. The maximum absolute atomic E-state index is 12.6. The largest absolute Gasteiger partial charge is 0.435 e. The van der Waals surface area contributed by atoms with E-state index in [1.54, 1.807) is 0 Å². The van der Waals surface area contributed by atoms with Crippen LogP contribution in [0, 0.1) is 12.8 Å². The van der Waals surface area contributed by atoms with Crippen molar-refractivity contribution in [3.05, 3.63) is 17.3 Å². The fourth-order valence-electron chi connectivity index (χ4n) is 4.89. The molecule has 1 aliphatic carbocycles. The van der Waals surface area contributed by atoms with Gasteiger partial charge in [0.25, 0.3) is 5.91 Å². The van der Waals surface area contributed by atoms with Crippen LogP contribution in [-0.4, -0.2) is 52.4 Å². The number of carbonyl (C=O) groups is 2. The second-order valence-electron chi connectivity index (χ2n) is 10.1. The van der Waals surface area contributed by atoms with Crippen LogP contribution in [0.4, 0.5) is 0 Å². The summed E-state index contributed by atoms with van der Waals surface area (Å²) in [6, 6.07) is 0.879. The third-order valence-electron chi connectivity index (χ3n) is 6.32. The van der Waals surface area contributed by atoms with Crippen molar-refractivity contribution in [2.45, 2.75) is 89.8 Å². The third-order valence-corrected chi connectivity index (χ3v) is 6.32. The lowest BCUT2D eigenvalue weighted by molar-refractivity contribution is -0.125. The maximum Gasteiger partial charge on any atom is 0.289 e. The van der Waals surface area contributed by atoms with Crippen LogP contribution in [0.25, 0.3) is 0 Å². The van der Waals surface area contributed by atoms with E-state index in [-0.39, 0.29) is 17.4 Å². The summed E-state index contributed by atoms with van der Waals surface area (Å²) in [5, 5.41) is 6.14. The van der Waals surface area contributed by atoms with Crippen molar-refractivity contribution < 1.29 is 14.0 Å². The van der Waals surface area contributed by atoms with Crippen LogP contribution in [0.15, 0.2) is 4.42 Å². The summed E-state index contributed by atoms with van der Waals surface area (Å²) in [7, 11) is 0. The van der Waals surface area contributed by atoms with Crippen LogP contribution >= 0.6 is 0 Å². The van der Waals surface area contributed by atoms with Gasteiger partial charge in [-0.3, -0.25) is 14.5 Å². The Hall–Kier alpha value is -1.89. The predicted octanol–water partition coefficient (Wildman–Crippen LogP) is 2.75. The van der Waals surface area contributed by atoms with Crippen molar-refractivity contribution >= 4 is 11.8 Å². The van der Waals surface area contributed by atoms with Crippen molar-refractivity contribution in [1.82, 2.24) is 20.5 Å². The molecule has 2 saturated heterocycles. The number of hydrogen-bond donors (Lipinski definition) is 2. The van der Waals surface area contributed by atoms with Gasteiger partial charge in [0.05, 0.1) is 12.2 Å². The van der Waals surface area contributed by atoms with Gasteiger partial charge in [-0.25, -0.2) is 4.98 Å². The molecule has 3 aliphatic rings. The molecule has 0 unspecified atom stereocenters. The van der Waals surface area contributed by atoms with Crippen molar-refractivity contribution in [1.29, 1.82) is 0 Å². The molecule has 1 saturated carbocycles. The summed E-state index contributed by atoms with van der Waals surface area (Å²) < 4.78 is 5.72. The van der Waals surface area contributed by atoms with E-state index in [2.05, 4.69) is 20.5 Å². The topological polar surface area (TPSA) is 87.5 Å². The molecule has 0 spiro atoms. The minimum atomic E-state index is -0.197. The summed E-state index contributed by atoms with van der Waals surface area (Å²) in [5.74, 6) is 1.89. The van der Waals surface area contributed by atoms with Gasteiger partial charge in [-0.15, -0.1) is 0 Å². The number of hydrogen-bond acceptors (Lipinski definition) is 5. The lowest BCUT2D eigenvalue weighted by Crippen LogP contribution is -2.52. The van der Waals surface area contributed by atoms with E-state index in [4.69, 9.17) is 4.42 Å². The molecule has 2 aliphatic heterocycles. The Morgan fingerprint density at radius 2 is 1.79 bits per heavy atom. The van der Waals surface area contributed by atoms with Gasteiger partial charge in [0, 0.05) is 30.1 Å². The molecule has 3 atom stereocenters. The van der Waals surface area contributed by atoms with E-state index >= 15 is 0 Å². The molecule has 3 fully saturated rings. The molecule has 4 rings (SSSR count). The first kappa shape index (κ1) is 20.4. The van der Waals surface area contributed by atoms with E-state index in [1.165, 1.54) is 0 Å². The molecule has 0 radical (unpaired) electrons. The molecule has 2 amide bonds. The number of oxazole rings is 1. The summed E-state index contributed by atoms with van der Waals surface area (Å²) in [5.41, 5.74) is 0.487. The quantitative estimate of drug-likeness (QED) is 0.764. The van der Waals surface area contributed by atoms with Crippen molar-refractivity contribution in [2.24, 2.45) is 5.92 Å². The van der Waals surface area contributed by atoms with E-state index in [0.717, 1.165) is 38.5 Å². The van der Waals surface area contributed by atoms with Crippen LogP contribution in [0.3, 0.4) is 0 Å². The van der Waals surface area contributed by atoms with E-state index in [9.17, 15) is 9.59 Å². The Labute approximate surface area is 173 Å². The number of aryl methyl sites for hydroxylation is 1. The molecule has 0 aromatic carbocycles. The Bertz CT molecular complexity index is 764. The monoisotopic (exact) mass is 402 g/mol. The van der Waals surface area contributed by atoms with Gasteiger partial charge in [0.15, 0.2) is 5.89 Å². The van der Waals surface area contributed by atoms with E-state index in [0.29, 0.717) is 54.4 Å². The summed E-state index contributed by atoms with van der Waals surface area (Å²) in [6.07, 6.45) is 6.56. The molecule has 3 heterocycles. The van der Waals surface area contributed by atoms with E-state index < -0.39 is 0 Å². The highest BCUT2D eigenvalue weighted by Gasteiger charge is 2.41. The molecule has 2 bridgehead atoms. The molecular weight excluding hydrogens is 368 g/mol. The zero-order valence-electron chi connectivity index (χ0n) is 18.1. The first-order valence-electron chi connectivity index (χ1n) is 11.0. The number of carbonyl (C=O) groups excluding carboxylic acids is 2. The van der Waals surface area contributed by atoms with E-state index in [1.807, 2.05) is 27.7 Å². The number of rotatable bonds is 6. The number of fused-ring (bicyclic) bond motifs is 2. The minimum Gasteiger partial charge on any atom is -0.435 e. The third kappa shape index (κ3) is 4.82. The van der Waals surface area contributed by atoms with Crippen molar-refractivity contribution in [2.75, 3.05) is 13.1 Å². The number of nitrogens with one attached hydrogen (secondary N) is 2. The molecule has 29 heavy (non-hydrogen) atoms. The smallest absolute Gasteiger partial charge is 0.289 e. The highest BCUT2D eigenvalue weighted by atomic mass is 16.4. The summed E-state index contributed by atoms with van der Waals surface area (Å²) >= 11 is 0. The number of aromatic nitrogens is 1. The van der Waals surface area contributed by atoms with Crippen LogP contribution in [0.2, 0.25) is 0 Å². The van der Waals surface area contributed by atoms with Crippen LogP contribution < -0.4 is 10.6 Å². The number of amides is 2. The van der Waals surface area contributed by atoms with Gasteiger partial charge < -0.3 is 15.1 Å². The molecule has 1 aromatic rings. The molecule has 2 N–H and O–H groups in total. The Kier molecular flexibility index (Phi) is 5.44. The van der Waals surface area contributed by atoms with Crippen LogP contribution in [0.1, 0.15) is 87.4 Å². The fraction of sp³-hybridized carbons (Fsp3) is 0.773. The van der Waals surface area contributed by atoms with Crippen molar-refractivity contribution in [3.8, 4) is 0 Å². The molecule has 1 aromatic heterocycles. The Balaban J connectivity index is 1.28. The first-order valence-corrected chi connectivity index (χ1v) is 11.0. The molecule has 7 heteroatoms. The van der Waals surface area contributed by atoms with Gasteiger partial charge in [-0.1, -0.05) is 0 Å². The lowest BCUT2D eigenvalue weighted by atomic mass is 9.90. The average Bonchev–Trinajstić information content (AvgIpc) is 3.36. The minimum absolute atomic E-state index is 0.105. The first-order chi connectivity index (χ1) is 13.7.